The number of carbonyl (C=O) groups excluding carboxylic acids is 2. The lowest BCUT2D eigenvalue weighted by atomic mass is 9.96. The molecule has 2 aliphatic heterocycles. The van der Waals surface area contributed by atoms with E-state index in [2.05, 4.69) is 9.88 Å². The van der Waals surface area contributed by atoms with E-state index in [1.807, 2.05) is 0 Å². The number of methoxy groups -OCH3 is 2. The minimum absolute atomic E-state index is 0.0124. The SMILES string of the molecule is COc1ccc(/C(O)=C2\C(=O)C(=O)N(CCN3CCOCC3)[C@H]2c2cccnc2)c(OC)c1. The molecule has 0 saturated carbocycles. The largest absolute Gasteiger partial charge is 0.507 e. The van der Waals surface area contributed by atoms with Gasteiger partial charge in [0.1, 0.15) is 17.3 Å². The van der Waals surface area contributed by atoms with E-state index < -0.39 is 17.7 Å². The number of amides is 1. The predicted octanol–water partition coefficient (Wildman–Crippen LogP) is 1.85. The average Bonchev–Trinajstić information content (AvgIpc) is 3.12. The molecule has 2 fully saturated rings. The van der Waals surface area contributed by atoms with Crippen molar-refractivity contribution in [3.05, 3.63) is 59.4 Å². The fourth-order valence-corrected chi connectivity index (χ4v) is 4.21. The first-order valence-electron chi connectivity index (χ1n) is 10.8. The van der Waals surface area contributed by atoms with E-state index in [0.717, 1.165) is 13.1 Å². The molecule has 0 radical (unpaired) electrons. The Bertz CT molecular complexity index is 1050. The molecular formula is C24H27N3O6. The van der Waals surface area contributed by atoms with Gasteiger partial charge in [-0.25, -0.2) is 0 Å². The number of nitrogens with zero attached hydrogens (tertiary/aromatic N) is 3. The van der Waals surface area contributed by atoms with E-state index in [1.165, 1.54) is 19.1 Å². The number of morpholine rings is 1. The van der Waals surface area contributed by atoms with Crippen molar-refractivity contribution < 1.29 is 28.9 Å². The van der Waals surface area contributed by atoms with Gasteiger partial charge in [0.15, 0.2) is 0 Å². The molecular weight excluding hydrogens is 426 g/mol. The van der Waals surface area contributed by atoms with Crippen LogP contribution in [0, 0.1) is 0 Å². The van der Waals surface area contributed by atoms with Gasteiger partial charge in [0.05, 0.1) is 44.6 Å². The molecule has 0 unspecified atom stereocenters. The number of ether oxygens (including phenoxy) is 3. The Morgan fingerprint density at radius 1 is 1.15 bits per heavy atom. The number of hydrogen-bond donors (Lipinski definition) is 1. The Balaban J connectivity index is 1.75. The maximum Gasteiger partial charge on any atom is 0.295 e. The van der Waals surface area contributed by atoms with Gasteiger partial charge in [0, 0.05) is 44.6 Å². The molecule has 2 saturated heterocycles. The summed E-state index contributed by atoms with van der Waals surface area (Å²) < 4.78 is 16.0. The summed E-state index contributed by atoms with van der Waals surface area (Å²) in [6.07, 6.45) is 3.23. The molecule has 1 amide bonds. The average molecular weight is 453 g/mol. The van der Waals surface area contributed by atoms with Crippen LogP contribution < -0.4 is 9.47 Å². The van der Waals surface area contributed by atoms with Gasteiger partial charge in [-0.1, -0.05) is 6.07 Å². The first kappa shape index (κ1) is 22.8. The van der Waals surface area contributed by atoms with Gasteiger partial charge in [-0.15, -0.1) is 0 Å². The number of aliphatic hydroxyl groups is 1. The normalized spacial score (nSPS) is 20.8. The number of pyridine rings is 1. The third kappa shape index (κ3) is 4.55. The molecule has 4 rings (SSSR count). The Labute approximate surface area is 192 Å². The molecule has 3 heterocycles. The van der Waals surface area contributed by atoms with Crippen molar-refractivity contribution in [2.24, 2.45) is 0 Å². The number of rotatable bonds is 7. The van der Waals surface area contributed by atoms with Crippen molar-refractivity contribution in [2.75, 3.05) is 53.6 Å². The summed E-state index contributed by atoms with van der Waals surface area (Å²) in [5.41, 5.74) is 0.963. The van der Waals surface area contributed by atoms with Crippen molar-refractivity contribution in [3.63, 3.8) is 0 Å². The minimum atomic E-state index is -0.758. The smallest absolute Gasteiger partial charge is 0.295 e. The van der Waals surface area contributed by atoms with Crippen LogP contribution in [0.5, 0.6) is 11.5 Å². The summed E-state index contributed by atoms with van der Waals surface area (Å²) in [5.74, 6) is -0.808. The number of ketones is 1. The molecule has 0 aliphatic carbocycles. The van der Waals surface area contributed by atoms with Gasteiger partial charge in [-0.05, 0) is 23.8 Å². The van der Waals surface area contributed by atoms with E-state index in [1.54, 1.807) is 42.7 Å². The standard InChI is InChI=1S/C24H27N3O6/c1-31-17-5-6-18(19(14-17)32-2)22(28)20-21(16-4-3-7-25-15-16)27(24(30)23(20)29)9-8-26-10-12-33-13-11-26/h3-7,14-15,21,28H,8-13H2,1-2H3/b22-20+/t21-/m0/s1. The van der Waals surface area contributed by atoms with Crippen LogP contribution in [0.15, 0.2) is 48.3 Å². The third-order valence-electron chi connectivity index (χ3n) is 5.96. The lowest BCUT2D eigenvalue weighted by molar-refractivity contribution is -0.140. The molecule has 1 N–H and O–H groups in total. The second kappa shape index (κ2) is 10.0. The highest BCUT2D eigenvalue weighted by molar-refractivity contribution is 6.46. The molecule has 2 aliphatic rings. The summed E-state index contributed by atoms with van der Waals surface area (Å²) in [7, 11) is 2.99. The van der Waals surface area contributed by atoms with Crippen molar-refractivity contribution >= 4 is 17.4 Å². The monoisotopic (exact) mass is 453 g/mol. The maximum atomic E-state index is 13.2. The number of aromatic nitrogens is 1. The zero-order valence-electron chi connectivity index (χ0n) is 18.7. The van der Waals surface area contributed by atoms with Crippen LogP contribution in [0.2, 0.25) is 0 Å². The fourth-order valence-electron chi connectivity index (χ4n) is 4.21. The Morgan fingerprint density at radius 2 is 1.94 bits per heavy atom. The minimum Gasteiger partial charge on any atom is -0.507 e. The molecule has 0 spiro atoms. The molecule has 174 valence electrons. The first-order chi connectivity index (χ1) is 16.0. The second-order valence-corrected chi connectivity index (χ2v) is 7.80. The molecule has 9 nitrogen and oxygen atoms in total. The zero-order valence-corrected chi connectivity index (χ0v) is 18.7. The fraction of sp³-hybridized carbons (Fsp3) is 0.375. The number of benzene rings is 1. The first-order valence-corrected chi connectivity index (χ1v) is 10.8. The lowest BCUT2D eigenvalue weighted by Crippen LogP contribution is -2.42. The topological polar surface area (TPSA) is 101 Å². The highest BCUT2D eigenvalue weighted by Crippen LogP contribution is 2.41. The third-order valence-corrected chi connectivity index (χ3v) is 5.96. The summed E-state index contributed by atoms with van der Waals surface area (Å²) in [6, 6.07) is 7.66. The molecule has 0 bridgehead atoms. The zero-order chi connectivity index (χ0) is 23.4. The second-order valence-electron chi connectivity index (χ2n) is 7.80. The molecule has 2 aromatic rings. The molecule has 1 aromatic heterocycles. The van der Waals surface area contributed by atoms with Gasteiger partial charge < -0.3 is 24.2 Å². The Hall–Kier alpha value is -3.43. The molecule has 1 aromatic carbocycles. The number of carbonyl (C=O) groups is 2. The van der Waals surface area contributed by atoms with Crippen molar-refractivity contribution in [1.29, 1.82) is 0 Å². The van der Waals surface area contributed by atoms with Gasteiger partial charge in [0.25, 0.3) is 11.7 Å². The summed E-state index contributed by atoms with van der Waals surface area (Å²) in [4.78, 5) is 34.1. The van der Waals surface area contributed by atoms with Crippen LogP contribution in [0.4, 0.5) is 0 Å². The highest BCUT2D eigenvalue weighted by Gasteiger charge is 2.46. The molecule has 9 heteroatoms. The van der Waals surface area contributed by atoms with Crippen molar-refractivity contribution in [3.8, 4) is 11.5 Å². The van der Waals surface area contributed by atoms with Crippen molar-refractivity contribution in [1.82, 2.24) is 14.8 Å². The number of aliphatic hydroxyl groups excluding tert-OH is 1. The van der Waals surface area contributed by atoms with Gasteiger partial charge in [0.2, 0.25) is 0 Å². The Morgan fingerprint density at radius 3 is 2.61 bits per heavy atom. The van der Waals surface area contributed by atoms with Crippen LogP contribution in [0.1, 0.15) is 17.2 Å². The van der Waals surface area contributed by atoms with E-state index in [0.29, 0.717) is 48.9 Å². The van der Waals surface area contributed by atoms with Gasteiger partial charge in [-0.3, -0.25) is 19.5 Å². The van der Waals surface area contributed by atoms with E-state index >= 15 is 0 Å². The molecule has 33 heavy (non-hydrogen) atoms. The molecule has 1 atom stereocenters. The summed E-state index contributed by atoms with van der Waals surface area (Å²) >= 11 is 0. The number of likely N-dealkylation sites (tertiary alicyclic amines) is 1. The maximum absolute atomic E-state index is 13.2. The lowest BCUT2D eigenvalue weighted by Gasteiger charge is -2.30. The summed E-state index contributed by atoms with van der Waals surface area (Å²) in [6.45, 7) is 3.75. The van der Waals surface area contributed by atoms with Crippen LogP contribution in [-0.2, 0) is 14.3 Å². The Kier molecular flexibility index (Phi) is 6.90. The predicted molar refractivity (Wildman–Crippen MR) is 120 cm³/mol. The quantitative estimate of drug-likeness (QED) is 0.385. The van der Waals surface area contributed by atoms with Crippen LogP contribution in [0.3, 0.4) is 0 Å². The highest BCUT2D eigenvalue weighted by atomic mass is 16.5. The van der Waals surface area contributed by atoms with Gasteiger partial charge >= 0.3 is 0 Å². The van der Waals surface area contributed by atoms with Crippen LogP contribution in [-0.4, -0.2) is 85.2 Å². The van der Waals surface area contributed by atoms with E-state index in [9.17, 15) is 14.7 Å². The van der Waals surface area contributed by atoms with E-state index in [-0.39, 0.29) is 11.3 Å². The van der Waals surface area contributed by atoms with E-state index in [4.69, 9.17) is 14.2 Å². The van der Waals surface area contributed by atoms with Crippen LogP contribution in [0.25, 0.3) is 5.76 Å². The number of hydrogen-bond acceptors (Lipinski definition) is 8. The van der Waals surface area contributed by atoms with Gasteiger partial charge in [-0.2, -0.15) is 0 Å². The summed E-state index contributed by atoms with van der Waals surface area (Å²) in [5, 5.41) is 11.3. The number of Topliss-reactive ketones (excluding diaryl/α,β-unsaturated/α-hetero) is 1. The van der Waals surface area contributed by atoms with Crippen molar-refractivity contribution in [2.45, 2.75) is 6.04 Å². The van der Waals surface area contributed by atoms with Crippen LogP contribution >= 0.6 is 0 Å².